The Kier molecular flexibility index (Phi) is 4.63. The second-order valence-corrected chi connectivity index (χ2v) is 6.50. The van der Waals surface area contributed by atoms with Gasteiger partial charge in [0.1, 0.15) is 21.2 Å². The molecule has 0 radical (unpaired) electrons. The molecule has 0 aliphatic carbocycles. The molecule has 130 valence electrons. The molecule has 0 bridgehead atoms. The number of aryl methyl sites for hydroxylation is 1. The van der Waals surface area contributed by atoms with Crippen molar-refractivity contribution in [1.29, 1.82) is 0 Å². The molecule has 1 amide bonds. The van der Waals surface area contributed by atoms with Gasteiger partial charge in [0.15, 0.2) is 0 Å². The Labute approximate surface area is 145 Å². The molecule has 0 saturated carbocycles. The van der Waals surface area contributed by atoms with Gasteiger partial charge in [0.05, 0.1) is 5.69 Å². The van der Waals surface area contributed by atoms with E-state index in [0.29, 0.717) is 21.3 Å². The van der Waals surface area contributed by atoms with Crippen molar-refractivity contribution in [3.05, 3.63) is 57.8 Å². The van der Waals surface area contributed by atoms with Crippen LogP contribution in [0, 0.1) is 12.7 Å². The first-order valence-corrected chi connectivity index (χ1v) is 8.18. The van der Waals surface area contributed by atoms with Gasteiger partial charge >= 0.3 is 0 Å². The minimum Gasteiger partial charge on any atom is -0.397 e. The topological polar surface area (TPSA) is 68.0 Å². The smallest absolute Gasteiger partial charge is 0.280 e. The molecule has 0 aliphatic rings. The summed E-state index contributed by atoms with van der Waals surface area (Å²) in [7, 11) is 0. The van der Waals surface area contributed by atoms with Crippen molar-refractivity contribution in [3.63, 3.8) is 0 Å². The fourth-order valence-electron chi connectivity index (χ4n) is 2.52. The van der Waals surface area contributed by atoms with Crippen molar-refractivity contribution in [2.24, 2.45) is 0 Å². The maximum atomic E-state index is 13.2. The maximum absolute atomic E-state index is 13.2. The molecule has 4 nitrogen and oxygen atoms in total. The SMILES string of the molecule is Cc1cc(C(F)F)nc2sc(C(=O)NCc3cccc(F)c3)c(N)c12. The average Bonchev–Trinajstić information content (AvgIpc) is 2.90. The number of halogens is 3. The summed E-state index contributed by atoms with van der Waals surface area (Å²) in [5.74, 6) is -0.852. The fourth-order valence-corrected chi connectivity index (χ4v) is 3.62. The van der Waals surface area contributed by atoms with E-state index >= 15 is 0 Å². The highest BCUT2D eigenvalue weighted by atomic mass is 32.1. The van der Waals surface area contributed by atoms with E-state index in [9.17, 15) is 18.0 Å². The Hall–Kier alpha value is -2.61. The van der Waals surface area contributed by atoms with Crippen LogP contribution in [-0.4, -0.2) is 10.9 Å². The predicted molar refractivity (Wildman–Crippen MR) is 91.3 cm³/mol. The number of anilines is 1. The number of hydrogen-bond donors (Lipinski definition) is 2. The molecular weight excluding hydrogens is 351 g/mol. The van der Waals surface area contributed by atoms with Gasteiger partial charge in [0.2, 0.25) is 0 Å². The molecule has 0 saturated heterocycles. The Balaban J connectivity index is 1.88. The lowest BCUT2D eigenvalue weighted by Gasteiger charge is -2.05. The minimum absolute atomic E-state index is 0.124. The number of carbonyl (C=O) groups is 1. The van der Waals surface area contributed by atoms with E-state index in [1.807, 2.05) is 0 Å². The number of aromatic nitrogens is 1. The highest BCUT2D eigenvalue weighted by Gasteiger charge is 2.21. The van der Waals surface area contributed by atoms with Crippen molar-refractivity contribution in [2.75, 3.05) is 5.73 Å². The molecule has 3 N–H and O–H groups in total. The Bertz CT molecular complexity index is 956. The fraction of sp³-hybridized carbons (Fsp3) is 0.176. The van der Waals surface area contributed by atoms with Crippen molar-refractivity contribution >= 4 is 33.1 Å². The molecule has 3 aromatic rings. The number of pyridine rings is 1. The highest BCUT2D eigenvalue weighted by molar-refractivity contribution is 7.21. The standard InChI is InChI=1S/C17H14F3N3OS/c1-8-5-11(15(19)20)23-17-12(8)13(21)14(25-17)16(24)22-7-9-3-2-4-10(18)6-9/h2-6,15H,7,21H2,1H3,(H,22,24). The van der Waals surface area contributed by atoms with Crippen LogP contribution in [0.1, 0.15) is 32.9 Å². The number of fused-ring (bicyclic) bond motifs is 1. The zero-order valence-corrected chi connectivity index (χ0v) is 14.0. The van der Waals surface area contributed by atoms with Crippen LogP contribution in [0.25, 0.3) is 10.2 Å². The van der Waals surface area contributed by atoms with Crippen LogP contribution < -0.4 is 11.1 Å². The zero-order chi connectivity index (χ0) is 18.1. The lowest BCUT2D eigenvalue weighted by Crippen LogP contribution is -2.22. The number of nitrogen functional groups attached to an aromatic ring is 1. The van der Waals surface area contributed by atoms with Gasteiger partial charge in [0.25, 0.3) is 12.3 Å². The molecule has 3 rings (SSSR count). The van der Waals surface area contributed by atoms with Crippen molar-refractivity contribution in [3.8, 4) is 0 Å². The number of nitrogens with zero attached hydrogens (tertiary/aromatic N) is 1. The van der Waals surface area contributed by atoms with Gasteiger partial charge in [-0.2, -0.15) is 0 Å². The molecule has 8 heteroatoms. The van der Waals surface area contributed by atoms with Crippen molar-refractivity contribution in [2.45, 2.75) is 19.9 Å². The van der Waals surface area contributed by atoms with Crippen LogP contribution in [0.2, 0.25) is 0 Å². The minimum atomic E-state index is -2.70. The largest absolute Gasteiger partial charge is 0.397 e. The lowest BCUT2D eigenvalue weighted by atomic mass is 10.1. The van der Waals surface area contributed by atoms with Crippen molar-refractivity contribution in [1.82, 2.24) is 10.3 Å². The summed E-state index contributed by atoms with van der Waals surface area (Å²) in [5.41, 5.74) is 7.02. The maximum Gasteiger partial charge on any atom is 0.280 e. The molecule has 2 heterocycles. The molecular formula is C17H14F3N3OS. The van der Waals surface area contributed by atoms with Crippen LogP contribution in [-0.2, 0) is 6.54 Å². The van der Waals surface area contributed by atoms with Crippen molar-refractivity contribution < 1.29 is 18.0 Å². The normalized spacial score (nSPS) is 11.2. The number of carbonyl (C=O) groups excluding carboxylic acids is 1. The average molecular weight is 365 g/mol. The number of thiophene rings is 1. The van der Waals surface area contributed by atoms with Gasteiger partial charge in [-0.15, -0.1) is 11.3 Å². The molecule has 0 fully saturated rings. The van der Waals surface area contributed by atoms with E-state index in [2.05, 4.69) is 10.3 Å². The first kappa shape index (κ1) is 17.2. The van der Waals surface area contributed by atoms with E-state index < -0.39 is 18.1 Å². The van der Waals surface area contributed by atoms with E-state index in [4.69, 9.17) is 5.73 Å². The lowest BCUT2D eigenvalue weighted by molar-refractivity contribution is 0.0955. The van der Waals surface area contributed by atoms with Gasteiger partial charge in [-0.3, -0.25) is 4.79 Å². The third kappa shape index (κ3) is 3.43. The van der Waals surface area contributed by atoms with Gasteiger partial charge in [-0.25, -0.2) is 18.2 Å². The monoisotopic (exact) mass is 365 g/mol. The molecule has 0 spiro atoms. The zero-order valence-electron chi connectivity index (χ0n) is 13.1. The third-order valence-electron chi connectivity index (χ3n) is 3.69. The summed E-state index contributed by atoms with van der Waals surface area (Å²) >= 11 is 0.960. The van der Waals surface area contributed by atoms with Gasteiger partial charge < -0.3 is 11.1 Å². The second kappa shape index (κ2) is 6.72. The van der Waals surface area contributed by atoms with E-state index in [1.54, 1.807) is 19.1 Å². The summed E-state index contributed by atoms with van der Waals surface area (Å²) in [5, 5.41) is 3.15. The van der Waals surface area contributed by atoms with Crippen LogP contribution in [0.3, 0.4) is 0 Å². The Morgan fingerprint density at radius 1 is 1.36 bits per heavy atom. The summed E-state index contributed by atoms with van der Waals surface area (Å²) in [4.78, 5) is 16.8. The van der Waals surface area contributed by atoms with Crippen LogP contribution in [0.15, 0.2) is 30.3 Å². The van der Waals surface area contributed by atoms with E-state index in [1.165, 1.54) is 18.2 Å². The summed E-state index contributed by atoms with van der Waals surface area (Å²) < 4.78 is 38.9. The van der Waals surface area contributed by atoms with Gasteiger partial charge in [-0.1, -0.05) is 12.1 Å². The molecule has 25 heavy (non-hydrogen) atoms. The number of amides is 1. The first-order valence-electron chi connectivity index (χ1n) is 7.37. The Morgan fingerprint density at radius 2 is 2.12 bits per heavy atom. The van der Waals surface area contributed by atoms with Crippen LogP contribution in [0.5, 0.6) is 0 Å². The molecule has 0 unspecified atom stereocenters. The van der Waals surface area contributed by atoms with E-state index in [-0.39, 0.29) is 22.8 Å². The number of rotatable bonds is 4. The van der Waals surface area contributed by atoms with E-state index in [0.717, 1.165) is 11.3 Å². The predicted octanol–water partition coefficient (Wildman–Crippen LogP) is 4.19. The third-order valence-corrected chi connectivity index (χ3v) is 4.79. The number of alkyl halides is 2. The van der Waals surface area contributed by atoms with Gasteiger partial charge in [0, 0.05) is 11.9 Å². The first-order chi connectivity index (χ1) is 11.9. The number of nitrogens with two attached hydrogens (primary N) is 1. The number of benzene rings is 1. The summed E-state index contributed by atoms with van der Waals surface area (Å²) in [6.07, 6.45) is -2.70. The van der Waals surface area contributed by atoms with Gasteiger partial charge in [-0.05, 0) is 36.2 Å². The molecule has 0 atom stereocenters. The second-order valence-electron chi connectivity index (χ2n) is 5.50. The summed E-state index contributed by atoms with van der Waals surface area (Å²) in [6, 6.07) is 7.12. The quantitative estimate of drug-likeness (QED) is 0.728. The summed E-state index contributed by atoms with van der Waals surface area (Å²) in [6.45, 7) is 1.77. The molecule has 1 aromatic carbocycles. The number of nitrogens with one attached hydrogen (secondary N) is 1. The number of hydrogen-bond acceptors (Lipinski definition) is 4. The van der Waals surface area contributed by atoms with Crippen LogP contribution in [0.4, 0.5) is 18.9 Å². The molecule has 2 aromatic heterocycles. The van der Waals surface area contributed by atoms with Crippen LogP contribution >= 0.6 is 11.3 Å². The molecule has 0 aliphatic heterocycles. The Morgan fingerprint density at radius 3 is 2.80 bits per heavy atom. The highest BCUT2D eigenvalue weighted by Crippen LogP contribution is 2.36.